The highest BCUT2D eigenvalue weighted by Gasteiger charge is 2.29. The van der Waals surface area contributed by atoms with Crippen molar-refractivity contribution in [3.63, 3.8) is 0 Å². The second-order valence-electron chi connectivity index (χ2n) is 5.00. The first-order valence-corrected chi connectivity index (χ1v) is 6.25. The van der Waals surface area contributed by atoms with Crippen molar-refractivity contribution in [3.8, 4) is 0 Å². The molecule has 0 aromatic carbocycles. The van der Waals surface area contributed by atoms with Crippen molar-refractivity contribution in [2.24, 2.45) is 11.7 Å². The summed E-state index contributed by atoms with van der Waals surface area (Å²) in [6, 6.07) is 2.11. The smallest absolute Gasteiger partial charge is 0.240 e. The number of carbonyl (C=O) groups excluding carboxylic acids is 1. The average Bonchev–Trinajstić information content (AvgIpc) is 2.86. The zero-order chi connectivity index (χ0) is 13.1. The zero-order valence-electron chi connectivity index (χ0n) is 11.3. The van der Waals surface area contributed by atoms with E-state index in [1.807, 2.05) is 6.92 Å². The van der Waals surface area contributed by atoms with Gasteiger partial charge in [-0.3, -0.25) is 15.0 Å². The Bertz CT molecular complexity index is 424. The molecule has 2 unspecified atom stereocenters. The van der Waals surface area contributed by atoms with Gasteiger partial charge in [-0.1, -0.05) is 5.16 Å². The van der Waals surface area contributed by atoms with Gasteiger partial charge < -0.3 is 10.3 Å². The van der Waals surface area contributed by atoms with Crippen molar-refractivity contribution >= 4 is 24.2 Å². The van der Waals surface area contributed by atoms with Crippen LogP contribution in [0.2, 0.25) is 0 Å². The third-order valence-corrected chi connectivity index (χ3v) is 3.36. The molecule has 19 heavy (non-hydrogen) atoms. The average molecular weight is 289 g/mol. The number of hydrogen-bond acceptors (Lipinski definition) is 5. The number of amides is 1. The number of halogens is 1. The Morgan fingerprint density at radius 1 is 1.68 bits per heavy atom. The van der Waals surface area contributed by atoms with Gasteiger partial charge in [-0.15, -0.1) is 12.4 Å². The van der Waals surface area contributed by atoms with E-state index >= 15 is 0 Å². The van der Waals surface area contributed by atoms with E-state index in [4.69, 9.17) is 10.3 Å². The first-order valence-electron chi connectivity index (χ1n) is 6.25. The number of nitrogens with two attached hydrogens (primary N) is 1. The molecule has 108 valence electrons. The van der Waals surface area contributed by atoms with Crippen LogP contribution in [-0.2, 0) is 4.79 Å². The summed E-state index contributed by atoms with van der Waals surface area (Å²) < 4.78 is 4.95. The molecular formula is C12H21ClN4O2. The summed E-state index contributed by atoms with van der Waals surface area (Å²) in [4.78, 5) is 14.0. The van der Waals surface area contributed by atoms with E-state index in [2.05, 4.69) is 22.3 Å². The Hall–Kier alpha value is -1.11. The number of hydrogen-bond donors (Lipinski definition) is 2. The lowest BCUT2D eigenvalue weighted by Crippen LogP contribution is -2.35. The number of nitrogens with one attached hydrogen (secondary N) is 1. The second-order valence-corrected chi connectivity index (χ2v) is 5.00. The molecule has 1 aromatic heterocycles. The molecule has 2 rings (SSSR count). The van der Waals surface area contributed by atoms with Crippen molar-refractivity contribution in [2.75, 3.05) is 25.0 Å². The summed E-state index contributed by atoms with van der Waals surface area (Å²) in [6.45, 7) is 5.89. The van der Waals surface area contributed by atoms with Crippen molar-refractivity contribution < 1.29 is 9.32 Å². The Morgan fingerprint density at radius 2 is 2.42 bits per heavy atom. The lowest BCUT2D eigenvalue weighted by Gasteiger charge is -2.19. The van der Waals surface area contributed by atoms with E-state index in [9.17, 15) is 4.79 Å². The third kappa shape index (κ3) is 4.19. The monoisotopic (exact) mass is 288 g/mol. The topological polar surface area (TPSA) is 84.4 Å². The lowest BCUT2D eigenvalue weighted by atomic mass is 10.1. The van der Waals surface area contributed by atoms with Crippen LogP contribution in [0.3, 0.4) is 0 Å². The standard InChI is InChI=1S/C12H20N4O2.ClH/c1-8-3-12(18-15-8)14-11(17)7-16-6-10(5-13)4-9(16)2;/h3,9-10H,4-7,13H2,1-2H3,(H,14,17);1H. The maximum Gasteiger partial charge on any atom is 0.240 e. The van der Waals surface area contributed by atoms with Crippen LogP contribution in [0.1, 0.15) is 19.0 Å². The predicted octanol–water partition coefficient (Wildman–Crippen LogP) is 1.01. The minimum absolute atomic E-state index is 0. The van der Waals surface area contributed by atoms with Gasteiger partial charge in [0.15, 0.2) is 0 Å². The van der Waals surface area contributed by atoms with Gasteiger partial charge in [0.25, 0.3) is 0 Å². The maximum absolute atomic E-state index is 11.8. The second kappa shape index (κ2) is 6.88. The summed E-state index contributed by atoms with van der Waals surface area (Å²) in [6.07, 6.45) is 1.06. The molecule has 3 N–H and O–H groups in total. The highest BCUT2D eigenvalue weighted by atomic mass is 35.5. The van der Waals surface area contributed by atoms with Gasteiger partial charge in [-0.05, 0) is 32.7 Å². The molecule has 2 heterocycles. The SMILES string of the molecule is Cc1cc(NC(=O)CN2CC(CN)CC2C)on1.Cl. The molecule has 6 nitrogen and oxygen atoms in total. The summed E-state index contributed by atoms with van der Waals surface area (Å²) in [7, 11) is 0. The van der Waals surface area contributed by atoms with Gasteiger partial charge in [0.2, 0.25) is 11.8 Å². The molecule has 0 aliphatic carbocycles. The molecule has 2 atom stereocenters. The van der Waals surface area contributed by atoms with Gasteiger partial charge in [-0.2, -0.15) is 0 Å². The molecule has 1 amide bonds. The summed E-state index contributed by atoms with van der Waals surface area (Å²) in [5, 5.41) is 6.42. The van der Waals surface area contributed by atoms with E-state index in [0.717, 1.165) is 18.7 Å². The highest BCUT2D eigenvalue weighted by molar-refractivity contribution is 5.91. The van der Waals surface area contributed by atoms with E-state index in [0.29, 0.717) is 30.9 Å². The quantitative estimate of drug-likeness (QED) is 0.864. The van der Waals surface area contributed by atoms with E-state index in [-0.39, 0.29) is 18.3 Å². The third-order valence-electron chi connectivity index (χ3n) is 3.36. The Morgan fingerprint density at radius 3 is 2.95 bits per heavy atom. The number of rotatable bonds is 4. The number of likely N-dealkylation sites (tertiary alicyclic amines) is 1. The number of aromatic nitrogens is 1. The molecule has 0 saturated carbocycles. The maximum atomic E-state index is 11.8. The van der Waals surface area contributed by atoms with Gasteiger partial charge >= 0.3 is 0 Å². The largest absolute Gasteiger partial charge is 0.338 e. The first kappa shape index (κ1) is 15.9. The highest BCUT2D eigenvalue weighted by Crippen LogP contribution is 2.21. The van der Waals surface area contributed by atoms with Crippen molar-refractivity contribution in [2.45, 2.75) is 26.3 Å². The van der Waals surface area contributed by atoms with Crippen LogP contribution in [0.15, 0.2) is 10.6 Å². The van der Waals surface area contributed by atoms with E-state index < -0.39 is 0 Å². The fraction of sp³-hybridized carbons (Fsp3) is 0.667. The van der Waals surface area contributed by atoms with Crippen LogP contribution in [-0.4, -0.2) is 41.6 Å². The molecule has 1 aliphatic rings. The Labute approximate surface area is 119 Å². The van der Waals surface area contributed by atoms with Gasteiger partial charge in [0.05, 0.1) is 12.2 Å². The van der Waals surface area contributed by atoms with E-state index in [1.165, 1.54) is 0 Å². The van der Waals surface area contributed by atoms with E-state index in [1.54, 1.807) is 6.07 Å². The van der Waals surface area contributed by atoms with Crippen LogP contribution >= 0.6 is 12.4 Å². The number of carbonyl (C=O) groups is 1. The number of aryl methyl sites for hydroxylation is 1. The van der Waals surface area contributed by atoms with Crippen LogP contribution in [0.4, 0.5) is 5.88 Å². The summed E-state index contributed by atoms with van der Waals surface area (Å²) in [5.41, 5.74) is 6.42. The van der Waals surface area contributed by atoms with Crippen LogP contribution in [0.25, 0.3) is 0 Å². The summed E-state index contributed by atoms with van der Waals surface area (Å²) >= 11 is 0. The molecule has 7 heteroatoms. The minimum atomic E-state index is -0.0735. The Balaban J connectivity index is 0.00000180. The number of nitrogens with zero attached hydrogens (tertiary/aromatic N) is 2. The van der Waals surface area contributed by atoms with Crippen LogP contribution in [0.5, 0.6) is 0 Å². The fourth-order valence-corrected chi connectivity index (χ4v) is 2.39. The minimum Gasteiger partial charge on any atom is -0.338 e. The fourth-order valence-electron chi connectivity index (χ4n) is 2.39. The number of anilines is 1. The van der Waals surface area contributed by atoms with Crippen molar-refractivity contribution in [1.82, 2.24) is 10.1 Å². The van der Waals surface area contributed by atoms with Gasteiger partial charge in [0, 0.05) is 18.7 Å². The Kier molecular flexibility index (Phi) is 5.78. The van der Waals surface area contributed by atoms with Crippen LogP contribution in [0, 0.1) is 12.8 Å². The molecule has 1 saturated heterocycles. The normalized spacial score (nSPS) is 23.1. The molecule has 1 aliphatic heterocycles. The predicted molar refractivity (Wildman–Crippen MR) is 75.3 cm³/mol. The van der Waals surface area contributed by atoms with Crippen molar-refractivity contribution in [3.05, 3.63) is 11.8 Å². The molecule has 0 radical (unpaired) electrons. The van der Waals surface area contributed by atoms with Gasteiger partial charge in [0.1, 0.15) is 0 Å². The van der Waals surface area contributed by atoms with Crippen LogP contribution < -0.4 is 11.1 Å². The summed E-state index contributed by atoms with van der Waals surface area (Å²) in [5.74, 6) is 0.829. The lowest BCUT2D eigenvalue weighted by molar-refractivity contribution is -0.117. The molecule has 1 aromatic rings. The molecule has 0 spiro atoms. The molecular weight excluding hydrogens is 268 g/mol. The van der Waals surface area contributed by atoms with Crippen molar-refractivity contribution in [1.29, 1.82) is 0 Å². The molecule has 1 fully saturated rings. The first-order chi connectivity index (χ1) is 8.58. The van der Waals surface area contributed by atoms with Gasteiger partial charge in [-0.25, -0.2) is 0 Å². The molecule has 0 bridgehead atoms. The zero-order valence-corrected chi connectivity index (χ0v) is 12.1.